The van der Waals surface area contributed by atoms with Gasteiger partial charge in [0.1, 0.15) is 13.2 Å². The minimum absolute atomic E-state index is 0.0846. The lowest BCUT2D eigenvalue weighted by atomic mass is 10.1. The molecule has 0 aliphatic rings. The van der Waals surface area contributed by atoms with E-state index < -0.39 is 6.10 Å². The van der Waals surface area contributed by atoms with E-state index in [1.165, 1.54) is 128 Å². The summed E-state index contributed by atoms with van der Waals surface area (Å²) >= 11 is 0. The van der Waals surface area contributed by atoms with E-state index in [1.54, 1.807) is 0 Å². The summed E-state index contributed by atoms with van der Waals surface area (Å²) in [7, 11) is 0. The van der Waals surface area contributed by atoms with Crippen LogP contribution in [0.2, 0.25) is 0 Å². The Balaban J connectivity index is 4.42. The van der Waals surface area contributed by atoms with Crippen molar-refractivity contribution < 1.29 is 28.6 Å². The van der Waals surface area contributed by atoms with Gasteiger partial charge >= 0.3 is 17.9 Å². The van der Waals surface area contributed by atoms with Gasteiger partial charge in [-0.3, -0.25) is 14.4 Å². The van der Waals surface area contributed by atoms with Gasteiger partial charge in [0.25, 0.3) is 0 Å². The lowest BCUT2D eigenvalue weighted by molar-refractivity contribution is -0.167. The number of allylic oxidation sites excluding steroid dienone is 8. The predicted molar refractivity (Wildman–Crippen MR) is 261 cm³/mol. The Bertz CT molecular complexity index is 1070. The Morgan fingerprint density at radius 2 is 0.590 bits per heavy atom. The second-order valence-corrected chi connectivity index (χ2v) is 17.4. The van der Waals surface area contributed by atoms with Crippen molar-refractivity contribution >= 4 is 17.9 Å². The first kappa shape index (κ1) is 58.4. The normalized spacial score (nSPS) is 12.4. The summed E-state index contributed by atoms with van der Waals surface area (Å²) in [5, 5.41) is 0. The first-order valence-electron chi connectivity index (χ1n) is 26.1. The summed E-state index contributed by atoms with van der Waals surface area (Å²) in [5.74, 6) is -0.909. The molecule has 6 nitrogen and oxygen atoms in total. The Morgan fingerprint density at radius 1 is 0.328 bits per heavy atom. The highest BCUT2D eigenvalue weighted by Crippen LogP contribution is 2.14. The number of hydrogen-bond donors (Lipinski definition) is 0. The van der Waals surface area contributed by atoms with Crippen LogP contribution in [-0.4, -0.2) is 37.2 Å². The van der Waals surface area contributed by atoms with Crippen molar-refractivity contribution in [3.63, 3.8) is 0 Å². The maximum atomic E-state index is 12.8. The van der Waals surface area contributed by atoms with Gasteiger partial charge in [0, 0.05) is 19.3 Å². The second-order valence-electron chi connectivity index (χ2n) is 17.4. The fourth-order valence-electron chi connectivity index (χ4n) is 7.28. The monoisotopic (exact) mass is 855 g/mol. The van der Waals surface area contributed by atoms with Crippen LogP contribution in [0.3, 0.4) is 0 Å². The van der Waals surface area contributed by atoms with Crippen LogP contribution >= 0.6 is 0 Å². The third-order valence-electron chi connectivity index (χ3n) is 11.3. The number of carbonyl (C=O) groups excluding carboxylic acids is 3. The van der Waals surface area contributed by atoms with E-state index >= 15 is 0 Å². The average molecular weight is 855 g/mol. The molecule has 0 aliphatic heterocycles. The van der Waals surface area contributed by atoms with Crippen LogP contribution in [0.4, 0.5) is 0 Å². The van der Waals surface area contributed by atoms with Crippen molar-refractivity contribution in [3.8, 4) is 0 Å². The van der Waals surface area contributed by atoms with Crippen LogP contribution < -0.4 is 0 Å². The molecule has 0 aromatic rings. The third-order valence-corrected chi connectivity index (χ3v) is 11.3. The van der Waals surface area contributed by atoms with Gasteiger partial charge in [0.2, 0.25) is 0 Å². The van der Waals surface area contributed by atoms with Crippen molar-refractivity contribution in [2.45, 2.75) is 271 Å². The number of carbonyl (C=O) groups is 3. The minimum atomic E-state index is -0.784. The molecule has 61 heavy (non-hydrogen) atoms. The zero-order chi connectivity index (χ0) is 44.4. The summed E-state index contributed by atoms with van der Waals surface area (Å²) < 4.78 is 16.8. The van der Waals surface area contributed by atoms with Crippen LogP contribution in [0.1, 0.15) is 265 Å². The van der Waals surface area contributed by atoms with Gasteiger partial charge in [-0.05, 0) is 103 Å². The molecule has 0 heterocycles. The van der Waals surface area contributed by atoms with Crippen molar-refractivity contribution in [1.82, 2.24) is 0 Å². The van der Waals surface area contributed by atoms with E-state index in [-0.39, 0.29) is 31.1 Å². The van der Waals surface area contributed by atoms with E-state index in [0.717, 1.165) is 96.3 Å². The summed E-state index contributed by atoms with van der Waals surface area (Å²) in [5.41, 5.74) is 0. The topological polar surface area (TPSA) is 78.9 Å². The van der Waals surface area contributed by atoms with E-state index in [0.29, 0.717) is 19.3 Å². The molecule has 0 spiro atoms. The largest absolute Gasteiger partial charge is 0.462 e. The SMILES string of the molecule is CCCCCC=CCC=CCCCCCCCC(=O)OC[C@@H](COC(=O)CCCCCCCC=CCCCCCC)OC(=O)CCCCCCCC=CCCCCCCCC. The molecule has 6 heteroatoms. The second kappa shape index (κ2) is 50.0. The predicted octanol–water partition coefficient (Wildman–Crippen LogP) is 17.1. The Labute approximate surface area is 378 Å². The fourth-order valence-corrected chi connectivity index (χ4v) is 7.28. The molecule has 0 fully saturated rings. The van der Waals surface area contributed by atoms with Crippen molar-refractivity contribution in [3.05, 3.63) is 48.6 Å². The smallest absolute Gasteiger partial charge is 0.306 e. The maximum absolute atomic E-state index is 12.8. The molecule has 0 N–H and O–H groups in total. The highest BCUT2D eigenvalue weighted by molar-refractivity contribution is 5.71. The lowest BCUT2D eigenvalue weighted by Crippen LogP contribution is -2.30. The van der Waals surface area contributed by atoms with Gasteiger partial charge in [-0.2, -0.15) is 0 Å². The highest BCUT2D eigenvalue weighted by Gasteiger charge is 2.19. The van der Waals surface area contributed by atoms with E-state index in [4.69, 9.17) is 14.2 Å². The molecule has 0 aromatic carbocycles. The van der Waals surface area contributed by atoms with E-state index in [9.17, 15) is 14.4 Å². The molecule has 0 aromatic heterocycles. The van der Waals surface area contributed by atoms with Gasteiger partial charge in [-0.1, -0.05) is 191 Å². The van der Waals surface area contributed by atoms with E-state index in [1.807, 2.05) is 0 Å². The molecule has 354 valence electrons. The highest BCUT2D eigenvalue weighted by atomic mass is 16.6. The molecule has 0 saturated carbocycles. The van der Waals surface area contributed by atoms with Crippen molar-refractivity contribution in [2.24, 2.45) is 0 Å². The molecular formula is C55H98O6. The number of rotatable bonds is 47. The first-order valence-corrected chi connectivity index (χ1v) is 26.1. The van der Waals surface area contributed by atoms with Gasteiger partial charge in [0.05, 0.1) is 0 Å². The van der Waals surface area contributed by atoms with Crippen LogP contribution in [-0.2, 0) is 28.6 Å². The number of unbranched alkanes of at least 4 members (excludes halogenated alkanes) is 28. The molecule has 0 radical (unpaired) electrons. The quantitative estimate of drug-likeness (QED) is 0.0263. The summed E-state index contributed by atoms with van der Waals surface area (Å²) in [4.78, 5) is 38.0. The molecule has 1 atom stereocenters. The standard InChI is InChI=1S/C55H98O6/c1-4-7-10-13-16-19-22-25-27-30-33-36-39-42-45-48-54(57)60-51-52(50-59-53(56)47-44-41-38-35-32-29-24-21-18-15-12-9-6-3)61-55(58)49-46-43-40-37-34-31-28-26-23-20-17-14-11-8-5-2/h16,19,21,24-28,52H,4-15,17-18,20,22-23,29-51H2,1-3H3/t52-/m1/s1. The number of esters is 3. The van der Waals surface area contributed by atoms with Crippen molar-refractivity contribution in [1.29, 1.82) is 0 Å². The Morgan fingerprint density at radius 3 is 0.967 bits per heavy atom. The fraction of sp³-hybridized carbons (Fsp3) is 0.800. The number of hydrogen-bond acceptors (Lipinski definition) is 6. The molecule has 0 aliphatic carbocycles. The molecular weight excluding hydrogens is 757 g/mol. The minimum Gasteiger partial charge on any atom is -0.462 e. The molecule has 0 bridgehead atoms. The Kier molecular flexibility index (Phi) is 47.9. The van der Waals surface area contributed by atoms with Gasteiger partial charge in [-0.15, -0.1) is 0 Å². The molecule has 0 amide bonds. The summed E-state index contributed by atoms with van der Waals surface area (Å²) in [6.07, 6.45) is 59.4. The number of ether oxygens (including phenoxy) is 3. The third kappa shape index (κ3) is 48.3. The van der Waals surface area contributed by atoms with E-state index in [2.05, 4.69) is 69.4 Å². The van der Waals surface area contributed by atoms with Gasteiger partial charge < -0.3 is 14.2 Å². The first-order chi connectivity index (χ1) is 30.0. The van der Waals surface area contributed by atoms with Crippen LogP contribution in [0.25, 0.3) is 0 Å². The zero-order valence-electron chi connectivity index (χ0n) is 40.4. The maximum Gasteiger partial charge on any atom is 0.306 e. The lowest BCUT2D eigenvalue weighted by Gasteiger charge is -2.18. The van der Waals surface area contributed by atoms with Crippen molar-refractivity contribution in [2.75, 3.05) is 13.2 Å². The molecule has 0 saturated heterocycles. The van der Waals surface area contributed by atoms with Crippen LogP contribution in [0.5, 0.6) is 0 Å². The van der Waals surface area contributed by atoms with Crippen LogP contribution in [0, 0.1) is 0 Å². The summed E-state index contributed by atoms with van der Waals surface area (Å²) in [6, 6.07) is 0. The molecule has 0 rings (SSSR count). The molecule has 0 unspecified atom stereocenters. The van der Waals surface area contributed by atoms with Gasteiger partial charge in [0.15, 0.2) is 6.10 Å². The van der Waals surface area contributed by atoms with Gasteiger partial charge in [-0.25, -0.2) is 0 Å². The van der Waals surface area contributed by atoms with Crippen LogP contribution in [0.15, 0.2) is 48.6 Å². The zero-order valence-corrected chi connectivity index (χ0v) is 40.4. The summed E-state index contributed by atoms with van der Waals surface area (Å²) in [6.45, 7) is 6.58. The Hall–Kier alpha value is -2.63. The average Bonchev–Trinajstić information content (AvgIpc) is 3.26.